The fourth-order valence-electron chi connectivity index (χ4n) is 3.32. The number of hydrogen-bond acceptors (Lipinski definition) is 5. The summed E-state index contributed by atoms with van der Waals surface area (Å²) in [5.41, 5.74) is 0.778. The van der Waals surface area contributed by atoms with Gasteiger partial charge in [0.05, 0.1) is 12.8 Å². The molecule has 1 saturated heterocycles. The van der Waals surface area contributed by atoms with Crippen molar-refractivity contribution in [1.29, 1.82) is 0 Å². The van der Waals surface area contributed by atoms with Crippen LogP contribution < -0.4 is 5.32 Å². The molecule has 1 aromatic heterocycles. The Morgan fingerprint density at radius 2 is 2.00 bits per heavy atom. The third-order valence-corrected chi connectivity index (χ3v) is 5.47. The number of guanidine groups is 1. The number of carbonyl (C=O) groups is 2. The summed E-state index contributed by atoms with van der Waals surface area (Å²) in [5.74, 6) is 1.18. The fourth-order valence-corrected chi connectivity index (χ4v) is 3.79. The summed E-state index contributed by atoms with van der Waals surface area (Å²) in [7, 11) is 3.06. The SMILES string of the molecule is CN1C(=O)C2C(=NC(NCc3ccco3)=[N+]2Cc2ccc(Cl)cc2Cl)N(C)C1=O. The van der Waals surface area contributed by atoms with E-state index in [0.717, 1.165) is 10.5 Å². The molecule has 0 aliphatic carbocycles. The van der Waals surface area contributed by atoms with Crippen molar-refractivity contribution < 1.29 is 18.6 Å². The van der Waals surface area contributed by atoms with E-state index in [1.54, 1.807) is 42.2 Å². The lowest BCUT2D eigenvalue weighted by molar-refractivity contribution is -0.553. The van der Waals surface area contributed by atoms with E-state index in [2.05, 4.69) is 10.3 Å². The molecule has 0 spiro atoms. The van der Waals surface area contributed by atoms with Crippen LogP contribution in [0.15, 0.2) is 46.0 Å². The third kappa shape index (κ3) is 3.49. The first kappa shape index (κ1) is 19.5. The van der Waals surface area contributed by atoms with E-state index >= 15 is 0 Å². The minimum atomic E-state index is -0.742. The summed E-state index contributed by atoms with van der Waals surface area (Å²) in [6.45, 7) is 0.675. The first-order valence-corrected chi connectivity index (χ1v) is 9.60. The van der Waals surface area contributed by atoms with Gasteiger partial charge < -0.3 is 4.42 Å². The molecule has 0 bridgehead atoms. The number of hydrogen-bond donors (Lipinski definition) is 1. The lowest BCUT2D eigenvalue weighted by atomic mass is 10.1. The molecule has 2 aliphatic heterocycles. The maximum atomic E-state index is 12.9. The fraction of sp³-hybridized carbons (Fsp3) is 0.263. The van der Waals surface area contributed by atoms with E-state index in [1.807, 2.05) is 6.07 Å². The van der Waals surface area contributed by atoms with Gasteiger partial charge in [0, 0.05) is 29.7 Å². The highest BCUT2D eigenvalue weighted by Crippen LogP contribution is 2.25. The minimum Gasteiger partial charge on any atom is -0.466 e. The van der Waals surface area contributed by atoms with Crippen molar-refractivity contribution in [3.8, 4) is 0 Å². The molecular formula is C19H18Cl2N5O3+. The summed E-state index contributed by atoms with van der Waals surface area (Å²) in [6, 6.07) is 7.64. The molecule has 2 aliphatic rings. The predicted molar refractivity (Wildman–Crippen MR) is 108 cm³/mol. The highest BCUT2D eigenvalue weighted by Gasteiger charge is 2.51. The Labute approximate surface area is 177 Å². The van der Waals surface area contributed by atoms with Crippen molar-refractivity contribution >= 4 is 46.9 Å². The normalized spacial score (nSPS) is 19.0. The van der Waals surface area contributed by atoms with Crippen molar-refractivity contribution in [2.75, 3.05) is 14.1 Å². The van der Waals surface area contributed by atoms with Crippen LogP contribution in [0.2, 0.25) is 10.0 Å². The van der Waals surface area contributed by atoms with Gasteiger partial charge in [-0.05, 0) is 24.3 Å². The van der Waals surface area contributed by atoms with Crippen LogP contribution in [0.1, 0.15) is 11.3 Å². The van der Waals surface area contributed by atoms with Crippen LogP contribution in [-0.4, -0.2) is 58.2 Å². The third-order valence-electron chi connectivity index (χ3n) is 4.89. The van der Waals surface area contributed by atoms with Crippen LogP contribution in [0.3, 0.4) is 0 Å². The molecule has 0 radical (unpaired) electrons. The van der Waals surface area contributed by atoms with Crippen molar-refractivity contribution in [1.82, 2.24) is 15.1 Å². The molecule has 0 saturated carbocycles. The number of fused-ring (bicyclic) bond motifs is 1. The van der Waals surface area contributed by atoms with E-state index in [4.69, 9.17) is 27.6 Å². The number of carbonyl (C=O) groups excluding carboxylic acids is 2. The maximum Gasteiger partial charge on any atom is 0.390 e. The van der Waals surface area contributed by atoms with Gasteiger partial charge >= 0.3 is 12.0 Å². The van der Waals surface area contributed by atoms with Crippen LogP contribution in [-0.2, 0) is 17.9 Å². The molecule has 8 nitrogen and oxygen atoms in total. The van der Waals surface area contributed by atoms with Crippen LogP contribution >= 0.6 is 23.2 Å². The highest BCUT2D eigenvalue weighted by atomic mass is 35.5. The predicted octanol–water partition coefficient (Wildman–Crippen LogP) is 2.55. The van der Waals surface area contributed by atoms with Crippen molar-refractivity contribution in [3.05, 3.63) is 58.0 Å². The molecule has 1 fully saturated rings. The summed E-state index contributed by atoms with van der Waals surface area (Å²) in [6.07, 6.45) is 1.58. The zero-order chi connectivity index (χ0) is 20.7. The number of furan rings is 1. The molecule has 150 valence electrons. The molecule has 3 heterocycles. The van der Waals surface area contributed by atoms with Crippen molar-refractivity contribution in [2.24, 2.45) is 4.99 Å². The number of nitrogens with zero attached hydrogens (tertiary/aromatic N) is 4. The first-order valence-electron chi connectivity index (χ1n) is 8.84. The Hall–Kier alpha value is -2.84. The lowest BCUT2D eigenvalue weighted by Gasteiger charge is -2.31. The Morgan fingerprint density at radius 3 is 2.69 bits per heavy atom. The largest absolute Gasteiger partial charge is 0.466 e. The van der Waals surface area contributed by atoms with Gasteiger partial charge in [-0.25, -0.2) is 9.37 Å². The summed E-state index contributed by atoms with van der Waals surface area (Å²) < 4.78 is 7.14. The van der Waals surface area contributed by atoms with E-state index in [-0.39, 0.29) is 5.91 Å². The molecule has 1 aromatic carbocycles. The Morgan fingerprint density at radius 1 is 1.21 bits per heavy atom. The number of nitrogens with one attached hydrogen (secondary N) is 1. The molecule has 2 aromatic rings. The molecular weight excluding hydrogens is 417 g/mol. The van der Waals surface area contributed by atoms with E-state index in [9.17, 15) is 9.59 Å². The quantitative estimate of drug-likeness (QED) is 0.749. The number of benzene rings is 1. The second-order valence-electron chi connectivity index (χ2n) is 6.73. The molecule has 4 rings (SSSR count). The maximum absolute atomic E-state index is 12.9. The molecule has 1 unspecified atom stereocenters. The van der Waals surface area contributed by atoms with Crippen LogP contribution in [0.4, 0.5) is 4.79 Å². The number of imide groups is 1. The van der Waals surface area contributed by atoms with Gasteiger partial charge in [0.1, 0.15) is 12.3 Å². The van der Waals surface area contributed by atoms with E-state index in [1.165, 1.54) is 11.9 Å². The zero-order valence-corrected chi connectivity index (χ0v) is 17.2. The number of amidine groups is 1. The van der Waals surface area contributed by atoms with Crippen LogP contribution in [0.25, 0.3) is 0 Å². The molecule has 29 heavy (non-hydrogen) atoms. The number of urea groups is 1. The van der Waals surface area contributed by atoms with Gasteiger partial charge in [-0.2, -0.15) is 0 Å². The van der Waals surface area contributed by atoms with Crippen molar-refractivity contribution in [2.45, 2.75) is 19.1 Å². The number of halogens is 2. The highest BCUT2D eigenvalue weighted by molar-refractivity contribution is 6.35. The van der Waals surface area contributed by atoms with Crippen molar-refractivity contribution in [3.63, 3.8) is 0 Å². The van der Waals surface area contributed by atoms with Gasteiger partial charge in [0.25, 0.3) is 5.91 Å². The van der Waals surface area contributed by atoms with E-state index < -0.39 is 12.1 Å². The van der Waals surface area contributed by atoms with Gasteiger partial charge in [-0.15, -0.1) is 0 Å². The standard InChI is InChI=1S/C19H17Cl2N5O3/c1-24-16-15(17(27)25(2)19(24)28)26(10-11-5-6-12(20)8-14(11)21)18(23-16)22-9-13-4-3-7-29-13/h3-8,15H,9-10H2,1-2H3/p+1. The monoisotopic (exact) mass is 434 g/mol. The average Bonchev–Trinajstić information content (AvgIpc) is 3.33. The molecule has 3 amide bonds. The van der Waals surface area contributed by atoms with Gasteiger partial charge in [-0.1, -0.05) is 34.3 Å². The minimum absolute atomic E-state index is 0.301. The number of amides is 3. The summed E-state index contributed by atoms with van der Waals surface area (Å²) >= 11 is 12.4. The van der Waals surface area contributed by atoms with Gasteiger partial charge in [0.15, 0.2) is 0 Å². The van der Waals surface area contributed by atoms with E-state index in [0.29, 0.717) is 40.7 Å². The second kappa shape index (κ2) is 7.53. The Balaban J connectivity index is 1.72. The Bertz CT molecular complexity index is 1050. The first-order chi connectivity index (χ1) is 13.9. The second-order valence-corrected chi connectivity index (χ2v) is 7.58. The van der Waals surface area contributed by atoms with Crippen LogP contribution in [0.5, 0.6) is 0 Å². The van der Waals surface area contributed by atoms with Gasteiger partial charge in [0.2, 0.25) is 11.9 Å². The molecule has 1 atom stereocenters. The Kier molecular flexibility index (Phi) is 5.06. The molecule has 1 N–H and O–H groups in total. The average molecular weight is 435 g/mol. The van der Waals surface area contributed by atoms with Crippen LogP contribution in [0, 0.1) is 0 Å². The van der Waals surface area contributed by atoms with Gasteiger partial charge in [-0.3, -0.25) is 19.9 Å². The summed E-state index contributed by atoms with van der Waals surface area (Å²) in [5, 5.41) is 4.20. The lowest BCUT2D eigenvalue weighted by Crippen LogP contribution is -2.61. The number of rotatable bonds is 4. The number of aliphatic imine (C=N–C) groups is 1. The zero-order valence-electron chi connectivity index (χ0n) is 15.7. The number of likely N-dealkylation sites (N-methyl/N-ethyl adjacent to an activating group) is 2. The molecule has 10 heteroatoms. The smallest absolute Gasteiger partial charge is 0.390 e. The summed E-state index contributed by atoms with van der Waals surface area (Å²) in [4.78, 5) is 32.3. The topological polar surface area (TPSA) is 81.2 Å².